The standard InChI is InChI=1S/C21H28N4O3/c1-13(2)8-9-14(3)23-19(26)12-25-20(27)18(24-21(25)28)10-15-11-22-17-7-5-4-6-16(15)17/h4-7,11,13-14,18,22H,8-10,12H2,1-3H3,(H,23,26)(H,24,28)/t14-,18-/m1/s1. The van der Waals surface area contributed by atoms with Gasteiger partial charge in [0.15, 0.2) is 0 Å². The normalized spacial score (nSPS) is 18.0. The van der Waals surface area contributed by atoms with E-state index in [1.807, 2.05) is 37.4 Å². The molecule has 1 aliphatic heterocycles. The molecule has 1 aromatic carbocycles. The molecule has 0 unspecified atom stereocenters. The molecule has 150 valence electrons. The lowest BCUT2D eigenvalue weighted by molar-refractivity contribution is -0.132. The molecule has 0 aliphatic carbocycles. The van der Waals surface area contributed by atoms with Crippen molar-refractivity contribution in [1.29, 1.82) is 0 Å². The molecule has 1 fully saturated rings. The van der Waals surface area contributed by atoms with E-state index >= 15 is 0 Å². The van der Waals surface area contributed by atoms with Crippen molar-refractivity contribution in [2.24, 2.45) is 5.92 Å². The van der Waals surface area contributed by atoms with E-state index < -0.39 is 12.1 Å². The molecule has 0 bridgehead atoms. The van der Waals surface area contributed by atoms with Crippen molar-refractivity contribution in [2.75, 3.05) is 6.54 Å². The number of amides is 4. The third kappa shape index (κ3) is 4.52. The number of benzene rings is 1. The molecule has 3 N–H and O–H groups in total. The summed E-state index contributed by atoms with van der Waals surface area (Å²) in [6.07, 6.45) is 4.12. The molecule has 2 heterocycles. The van der Waals surface area contributed by atoms with E-state index in [1.165, 1.54) is 0 Å². The molecular formula is C21H28N4O3. The first kappa shape index (κ1) is 19.9. The Kier molecular flexibility index (Phi) is 6.02. The number of hydrogen-bond donors (Lipinski definition) is 3. The van der Waals surface area contributed by atoms with Crippen molar-refractivity contribution in [3.63, 3.8) is 0 Å². The number of hydrogen-bond acceptors (Lipinski definition) is 3. The molecule has 7 heteroatoms. The van der Waals surface area contributed by atoms with Crippen LogP contribution in [-0.4, -0.2) is 46.4 Å². The van der Waals surface area contributed by atoms with Crippen molar-refractivity contribution < 1.29 is 14.4 Å². The van der Waals surface area contributed by atoms with Crippen LogP contribution < -0.4 is 10.6 Å². The largest absolute Gasteiger partial charge is 0.361 e. The molecule has 2 atom stereocenters. The first-order valence-electron chi connectivity index (χ1n) is 9.81. The average molecular weight is 384 g/mol. The second-order valence-corrected chi connectivity index (χ2v) is 7.93. The maximum atomic E-state index is 12.7. The Hall–Kier alpha value is -2.83. The monoisotopic (exact) mass is 384 g/mol. The van der Waals surface area contributed by atoms with Crippen molar-refractivity contribution in [2.45, 2.75) is 52.1 Å². The Balaban J connectivity index is 1.58. The number of nitrogens with zero attached hydrogens (tertiary/aromatic N) is 1. The van der Waals surface area contributed by atoms with E-state index in [-0.39, 0.29) is 24.4 Å². The van der Waals surface area contributed by atoms with E-state index in [0.717, 1.165) is 34.2 Å². The maximum Gasteiger partial charge on any atom is 0.325 e. The van der Waals surface area contributed by atoms with Crippen LogP contribution in [0.25, 0.3) is 10.9 Å². The van der Waals surface area contributed by atoms with E-state index in [0.29, 0.717) is 12.3 Å². The number of urea groups is 1. The quantitative estimate of drug-likeness (QED) is 0.611. The second-order valence-electron chi connectivity index (χ2n) is 7.93. The second kappa shape index (κ2) is 8.46. The first-order chi connectivity index (χ1) is 13.3. The van der Waals surface area contributed by atoms with Gasteiger partial charge in [-0.05, 0) is 37.3 Å². The van der Waals surface area contributed by atoms with Crippen LogP contribution in [0, 0.1) is 5.92 Å². The molecule has 1 saturated heterocycles. The summed E-state index contributed by atoms with van der Waals surface area (Å²) in [5.41, 5.74) is 1.95. The molecule has 2 aromatic rings. The van der Waals surface area contributed by atoms with E-state index in [4.69, 9.17) is 0 Å². The molecule has 3 rings (SSSR count). The fraction of sp³-hybridized carbons (Fsp3) is 0.476. The number of fused-ring (bicyclic) bond motifs is 1. The van der Waals surface area contributed by atoms with Gasteiger partial charge in [-0.25, -0.2) is 4.79 Å². The highest BCUT2D eigenvalue weighted by atomic mass is 16.2. The minimum absolute atomic E-state index is 0.0117. The van der Waals surface area contributed by atoms with Crippen LogP contribution >= 0.6 is 0 Å². The highest BCUT2D eigenvalue weighted by molar-refractivity contribution is 6.06. The van der Waals surface area contributed by atoms with Gasteiger partial charge in [0, 0.05) is 29.6 Å². The molecule has 0 spiro atoms. The van der Waals surface area contributed by atoms with Gasteiger partial charge in [-0.2, -0.15) is 0 Å². The zero-order valence-electron chi connectivity index (χ0n) is 16.6. The number of carbonyl (C=O) groups is 3. The third-order valence-electron chi connectivity index (χ3n) is 5.09. The zero-order valence-corrected chi connectivity index (χ0v) is 16.6. The summed E-state index contributed by atoms with van der Waals surface area (Å²) in [6, 6.07) is 6.66. The molecule has 0 radical (unpaired) electrons. The number of H-pyrrole nitrogens is 1. The van der Waals surface area contributed by atoms with Crippen molar-refractivity contribution in [3.05, 3.63) is 36.0 Å². The number of carbonyl (C=O) groups excluding carboxylic acids is 3. The Morgan fingerprint density at radius 1 is 1.18 bits per heavy atom. The number of imide groups is 1. The van der Waals surface area contributed by atoms with Crippen molar-refractivity contribution in [3.8, 4) is 0 Å². The van der Waals surface area contributed by atoms with Crippen LogP contribution in [0.15, 0.2) is 30.5 Å². The van der Waals surface area contributed by atoms with E-state index in [9.17, 15) is 14.4 Å². The van der Waals surface area contributed by atoms with E-state index in [1.54, 1.807) is 0 Å². The number of aromatic nitrogens is 1. The van der Waals surface area contributed by atoms with Crippen LogP contribution in [-0.2, 0) is 16.0 Å². The Labute approximate surface area is 164 Å². The van der Waals surface area contributed by atoms with Gasteiger partial charge in [-0.1, -0.05) is 32.0 Å². The summed E-state index contributed by atoms with van der Waals surface area (Å²) in [5, 5.41) is 6.60. The predicted molar refractivity (Wildman–Crippen MR) is 108 cm³/mol. The van der Waals surface area contributed by atoms with Gasteiger partial charge >= 0.3 is 6.03 Å². The lowest BCUT2D eigenvalue weighted by Gasteiger charge is -2.17. The predicted octanol–water partition coefficient (Wildman–Crippen LogP) is 2.57. The van der Waals surface area contributed by atoms with Crippen LogP contribution in [0.1, 0.15) is 39.2 Å². The lowest BCUT2D eigenvalue weighted by atomic mass is 10.0. The summed E-state index contributed by atoms with van der Waals surface area (Å²) < 4.78 is 0. The summed E-state index contributed by atoms with van der Waals surface area (Å²) >= 11 is 0. The number of nitrogens with one attached hydrogen (secondary N) is 3. The first-order valence-corrected chi connectivity index (χ1v) is 9.81. The summed E-state index contributed by atoms with van der Waals surface area (Å²) in [7, 11) is 0. The SMILES string of the molecule is CC(C)CC[C@@H](C)NC(=O)CN1C(=O)N[C@H](Cc2c[nH]c3ccccc23)C1=O. The van der Waals surface area contributed by atoms with Gasteiger partial charge in [0.05, 0.1) is 0 Å². The van der Waals surface area contributed by atoms with Gasteiger partial charge in [-0.3, -0.25) is 14.5 Å². The van der Waals surface area contributed by atoms with Gasteiger partial charge in [0.25, 0.3) is 5.91 Å². The zero-order chi connectivity index (χ0) is 20.3. The van der Waals surface area contributed by atoms with Gasteiger partial charge in [-0.15, -0.1) is 0 Å². The Morgan fingerprint density at radius 2 is 1.93 bits per heavy atom. The Morgan fingerprint density at radius 3 is 2.68 bits per heavy atom. The molecule has 0 saturated carbocycles. The van der Waals surface area contributed by atoms with Gasteiger partial charge in [0.2, 0.25) is 5.91 Å². The Bertz CT molecular complexity index is 873. The molecule has 1 aromatic heterocycles. The minimum atomic E-state index is -0.655. The van der Waals surface area contributed by atoms with Crippen LogP contribution in [0.5, 0.6) is 0 Å². The number of aromatic amines is 1. The van der Waals surface area contributed by atoms with Crippen molar-refractivity contribution >= 4 is 28.7 Å². The van der Waals surface area contributed by atoms with Crippen LogP contribution in [0.2, 0.25) is 0 Å². The van der Waals surface area contributed by atoms with Crippen LogP contribution in [0.4, 0.5) is 4.79 Å². The van der Waals surface area contributed by atoms with E-state index in [2.05, 4.69) is 29.5 Å². The summed E-state index contributed by atoms with van der Waals surface area (Å²) in [6.45, 7) is 5.96. The third-order valence-corrected chi connectivity index (χ3v) is 5.09. The summed E-state index contributed by atoms with van der Waals surface area (Å²) in [4.78, 5) is 41.3. The molecule has 7 nitrogen and oxygen atoms in total. The number of rotatable bonds is 8. The maximum absolute atomic E-state index is 12.7. The highest BCUT2D eigenvalue weighted by Crippen LogP contribution is 2.21. The fourth-order valence-electron chi connectivity index (χ4n) is 3.50. The topological polar surface area (TPSA) is 94.3 Å². The molecule has 28 heavy (non-hydrogen) atoms. The highest BCUT2D eigenvalue weighted by Gasteiger charge is 2.39. The van der Waals surface area contributed by atoms with Crippen LogP contribution in [0.3, 0.4) is 0 Å². The minimum Gasteiger partial charge on any atom is -0.361 e. The fourth-order valence-corrected chi connectivity index (χ4v) is 3.50. The number of para-hydroxylation sites is 1. The lowest BCUT2D eigenvalue weighted by Crippen LogP contribution is -2.44. The average Bonchev–Trinajstić information content (AvgIpc) is 3.17. The molecule has 1 aliphatic rings. The van der Waals surface area contributed by atoms with Gasteiger partial charge in [0.1, 0.15) is 12.6 Å². The molecular weight excluding hydrogens is 356 g/mol. The smallest absolute Gasteiger partial charge is 0.325 e. The molecule has 4 amide bonds. The summed E-state index contributed by atoms with van der Waals surface area (Å²) in [5.74, 6) is -0.108. The van der Waals surface area contributed by atoms with Crippen molar-refractivity contribution in [1.82, 2.24) is 20.5 Å². The van der Waals surface area contributed by atoms with Gasteiger partial charge < -0.3 is 15.6 Å².